The predicted octanol–water partition coefficient (Wildman–Crippen LogP) is 4.86. The zero-order valence-corrected chi connectivity index (χ0v) is 11.1. The van der Waals surface area contributed by atoms with Gasteiger partial charge in [-0.15, -0.1) is 0 Å². The van der Waals surface area contributed by atoms with E-state index in [0.29, 0.717) is 0 Å². The summed E-state index contributed by atoms with van der Waals surface area (Å²) in [4.78, 5) is 0. The molecule has 0 amide bonds. The van der Waals surface area contributed by atoms with E-state index >= 15 is 0 Å². The minimum atomic E-state index is -2.72. The fourth-order valence-electron chi connectivity index (χ4n) is 1.72. The van der Waals surface area contributed by atoms with Gasteiger partial charge in [0, 0.05) is 22.8 Å². The van der Waals surface area contributed by atoms with E-state index in [2.05, 4.69) is 5.10 Å². The van der Waals surface area contributed by atoms with E-state index in [1.807, 2.05) is 0 Å². The van der Waals surface area contributed by atoms with Gasteiger partial charge in [0.25, 0.3) is 6.43 Å². The van der Waals surface area contributed by atoms with E-state index in [1.54, 1.807) is 13.8 Å². The second-order valence-corrected chi connectivity index (χ2v) is 4.87. The van der Waals surface area contributed by atoms with Crippen LogP contribution in [0.3, 0.4) is 0 Å². The molecule has 0 saturated carbocycles. The average molecular weight is 289 g/mol. The Morgan fingerprint density at radius 2 is 1.95 bits per heavy atom. The first-order valence-corrected chi connectivity index (χ1v) is 6.10. The Morgan fingerprint density at radius 3 is 2.53 bits per heavy atom. The first kappa shape index (κ1) is 13.9. The maximum atomic E-state index is 13.8. The van der Waals surface area contributed by atoms with E-state index in [9.17, 15) is 13.2 Å². The lowest BCUT2D eigenvalue weighted by molar-refractivity contribution is 0.152. The molecule has 0 bridgehead atoms. The highest BCUT2D eigenvalue weighted by atomic mass is 35.5. The van der Waals surface area contributed by atoms with Gasteiger partial charge in [0.15, 0.2) is 0 Å². The highest BCUT2D eigenvalue weighted by Gasteiger charge is 2.22. The van der Waals surface area contributed by atoms with Gasteiger partial charge in [0.1, 0.15) is 11.5 Å². The van der Waals surface area contributed by atoms with Crippen molar-refractivity contribution in [2.75, 3.05) is 0 Å². The van der Waals surface area contributed by atoms with Gasteiger partial charge in [-0.25, -0.2) is 13.2 Å². The first-order chi connectivity index (χ1) is 8.90. The zero-order valence-electron chi connectivity index (χ0n) is 10.4. The molecule has 0 aliphatic heterocycles. The van der Waals surface area contributed by atoms with Crippen LogP contribution in [0.25, 0.3) is 11.3 Å². The summed E-state index contributed by atoms with van der Waals surface area (Å²) in [6.07, 6.45) is -1.48. The minimum Gasteiger partial charge on any atom is -0.269 e. The summed E-state index contributed by atoms with van der Waals surface area (Å²) in [6, 6.07) is 3.72. The Labute approximate surface area is 113 Å². The van der Waals surface area contributed by atoms with Crippen molar-refractivity contribution in [3.05, 3.63) is 40.8 Å². The molecular formula is C13H12ClF3N2. The number of hydrogen-bond acceptors (Lipinski definition) is 1. The van der Waals surface area contributed by atoms with E-state index in [-0.39, 0.29) is 27.9 Å². The molecule has 2 rings (SSSR count). The molecule has 1 heterocycles. The third-order valence-electron chi connectivity index (χ3n) is 2.71. The third kappa shape index (κ3) is 2.76. The van der Waals surface area contributed by atoms with Crippen LogP contribution in [-0.4, -0.2) is 9.78 Å². The molecule has 102 valence electrons. The first-order valence-electron chi connectivity index (χ1n) is 5.72. The molecule has 0 fully saturated rings. The molecule has 6 heteroatoms. The van der Waals surface area contributed by atoms with Gasteiger partial charge in [0.05, 0.1) is 5.56 Å². The van der Waals surface area contributed by atoms with Gasteiger partial charge in [-0.3, -0.25) is 4.68 Å². The predicted molar refractivity (Wildman–Crippen MR) is 68.0 cm³/mol. The molecule has 19 heavy (non-hydrogen) atoms. The Kier molecular flexibility index (Phi) is 3.85. The van der Waals surface area contributed by atoms with Gasteiger partial charge in [-0.2, -0.15) is 5.10 Å². The van der Waals surface area contributed by atoms with Crippen LogP contribution in [-0.2, 0) is 0 Å². The van der Waals surface area contributed by atoms with Crippen LogP contribution < -0.4 is 0 Å². The molecule has 0 radical (unpaired) electrons. The van der Waals surface area contributed by atoms with Crippen LogP contribution >= 0.6 is 11.6 Å². The third-order valence-corrected chi connectivity index (χ3v) is 2.94. The van der Waals surface area contributed by atoms with Crippen molar-refractivity contribution in [3.8, 4) is 11.3 Å². The maximum Gasteiger partial charge on any atom is 0.267 e. The number of benzene rings is 1. The van der Waals surface area contributed by atoms with Crippen LogP contribution in [0.2, 0.25) is 5.02 Å². The number of halogens is 4. The second-order valence-electron chi connectivity index (χ2n) is 4.43. The monoisotopic (exact) mass is 288 g/mol. The normalized spacial score (nSPS) is 11.6. The Balaban J connectivity index is 2.63. The van der Waals surface area contributed by atoms with Crippen LogP contribution in [0.1, 0.15) is 31.9 Å². The van der Waals surface area contributed by atoms with Gasteiger partial charge in [-0.1, -0.05) is 11.6 Å². The molecule has 0 spiro atoms. The number of alkyl halides is 2. The van der Waals surface area contributed by atoms with E-state index in [0.717, 1.165) is 6.07 Å². The van der Waals surface area contributed by atoms with Crippen molar-refractivity contribution in [2.24, 2.45) is 0 Å². The molecule has 1 aromatic heterocycles. The van der Waals surface area contributed by atoms with Gasteiger partial charge >= 0.3 is 0 Å². The van der Waals surface area contributed by atoms with Crippen LogP contribution in [0.5, 0.6) is 0 Å². The molecule has 1 aromatic carbocycles. The topological polar surface area (TPSA) is 17.8 Å². The van der Waals surface area contributed by atoms with E-state index in [4.69, 9.17) is 11.6 Å². The van der Waals surface area contributed by atoms with Crippen LogP contribution in [0.4, 0.5) is 13.2 Å². The molecule has 0 atom stereocenters. The SMILES string of the molecule is CC(C)n1cc(C(F)F)c(-c2cc(Cl)ccc2F)n1. The summed E-state index contributed by atoms with van der Waals surface area (Å²) in [5, 5.41) is 4.31. The molecule has 0 aliphatic carbocycles. The summed E-state index contributed by atoms with van der Waals surface area (Å²) in [7, 11) is 0. The number of hydrogen-bond donors (Lipinski definition) is 0. The van der Waals surface area contributed by atoms with Gasteiger partial charge < -0.3 is 0 Å². The number of rotatable bonds is 3. The van der Waals surface area contributed by atoms with Crippen LogP contribution in [0, 0.1) is 5.82 Å². The summed E-state index contributed by atoms with van der Waals surface area (Å²) in [5.74, 6) is -0.625. The Hall–Kier alpha value is -1.49. The molecule has 0 N–H and O–H groups in total. The smallest absolute Gasteiger partial charge is 0.267 e. The van der Waals surface area contributed by atoms with Crippen molar-refractivity contribution in [1.82, 2.24) is 9.78 Å². The second kappa shape index (κ2) is 5.25. The quantitative estimate of drug-likeness (QED) is 0.788. The average Bonchev–Trinajstić information content (AvgIpc) is 2.77. The molecule has 2 nitrogen and oxygen atoms in total. The summed E-state index contributed by atoms with van der Waals surface area (Å²) >= 11 is 5.78. The summed E-state index contributed by atoms with van der Waals surface area (Å²) in [5.41, 5.74) is -0.374. The van der Waals surface area contributed by atoms with Crippen molar-refractivity contribution in [3.63, 3.8) is 0 Å². The summed E-state index contributed by atoms with van der Waals surface area (Å²) < 4.78 is 41.2. The molecule has 0 unspecified atom stereocenters. The lowest BCUT2D eigenvalue weighted by Crippen LogP contribution is -2.01. The highest BCUT2D eigenvalue weighted by Crippen LogP contribution is 2.33. The molecule has 2 aromatic rings. The van der Waals surface area contributed by atoms with Crippen molar-refractivity contribution < 1.29 is 13.2 Å². The number of aromatic nitrogens is 2. The van der Waals surface area contributed by atoms with Crippen molar-refractivity contribution >= 4 is 11.6 Å². The highest BCUT2D eigenvalue weighted by molar-refractivity contribution is 6.30. The zero-order chi connectivity index (χ0) is 14.2. The fourth-order valence-corrected chi connectivity index (χ4v) is 1.89. The van der Waals surface area contributed by atoms with Crippen molar-refractivity contribution in [2.45, 2.75) is 26.3 Å². The van der Waals surface area contributed by atoms with Gasteiger partial charge in [-0.05, 0) is 32.0 Å². The lowest BCUT2D eigenvalue weighted by atomic mass is 10.1. The largest absolute Gasteiger partial charge is 0.269 e. The lowest BCUT2D eigenvalue weighted by Gasteiger charge is -2.04. The fraction of sp³-hybridized carbons (Fsp3) is 0.308. The molecule has 0 aliphatic rings. The standard InChI is InChI=1S/C13H12ClF3N2/c1-7(2)19-6-10(13(16)17)12(18-19)9-5-8(14)3-4-11(9)15/h3-7,13H,1-2H3. The van der Waals surface area contributed by atoms with Crippen molar-refractivity contribution in [1.29, 1.82) is 0 Å². The molecule has 0 saturated heterocycles. The molecular weight excluding hydrogens is 277 g/mol. The maximum absolute atomic E-state index is 13.8. The minimum absolute atomic E-state index is 0.0119. The van der Waals surface area contributed by atoms with Gasteiger partial charge in [0.2, 0.25) is 0 Å². The van der Waals surface area contributed by atoms with E-state index in [1.165, 1.54) is 23.0 Å². The Bertz CT molecular complexity index is 594. The van der Waals surface area contributed by atoms with E-state index < -0.39 is 12.2 Å². The van der Waals surface area contributed by atoms with Crippen LogP contribution in [0.15, 0.2) is 24.4 Å². The summed E-state index contributed by atoms with van der Waals surface area (Å²) in [6.45, 7) is 3.61. The number of nitrogens with zero attached hydrogens (tertiary/aromatic N) is 2. The Morgan fingerprint density at radius 1 is 1.26 bits per heavy atom.